The molecule has 0 unspecified atom stereocenters. The number of nitrogens with zero attached hydrogens (tertiary/aromatic N) is 2. The second-order valence-corrected chi connectivity index (χ2v) is 5.18. The highest BCUT2D eigenvalue weighted by molar-refractivity contribution is 7.99. The Bertz CT molecular complexity index is 565. The molecule has 5 heteroatoms. The molecule has 0 aliphatic heterocycles. The molecule has 0 radical (unpaired) electrons. The largest absolute Gasteiger partial charge is 0.295 e. The maximum atomic E-state index is 11.2. The number of aryl methyl sites for hydroxylation is 1. The molecule has 0 aliphatic carbocycles. The molecule has 0 bridgehead atoms. The Labute approximate surface area is 109 Å². The number of benzene rings is 1. The molecule has 1 aromatic heterocycles. The molecule has 1 heterocycles. The van der Waals surface area contributed by atoms with E-state index in [9.17, 15) is 4.79 Å². The normalized spacial score (nSPS) is 10.5. The molecule has 0 fully saturated rings. The van der Waals surface area contributed by atoms with Crippen molar-refractivity contribution in [1.82, 2.24) is 9.78 Å². The van der Waals surface area contributed by atoms with Crippen molar-refractivity contribution >= 4 is 29.1 Å². The molecule has 0 spiro atoms. The lowest BCUT2D eigenvalue weighted by molar-refractivity contribution is 0.101. The Kier molecular flexibility index (Phi) is 3.54. The van der Waals surface area contributed by atoms with Gasteiger partial charge in [0, 0.05) is 23.7 Å². The summed E-state index contributed by atoms with van der Waals surface area (Å²) in [5.74, 6) is 0.0184. The minimum atomic E-state index is 0.0184. The third-order valence-corrected chi connectivity index (χ3v) is 3.69. The molecule has 0 N–H and O–H groups in total. The minimum Gasteiger partial charge on any atom is -0.295 e. The Balaban J connectivity index is 2.25. The molecular formula is C12H11ClN2OS. The highest BCUT2D eigenvalue weighted by Gasteiger charge is 2.07. The van der Waals surface area contributed by atoms with Crippen LogP contribution in [0.3, 0.4) is 0 Å². The van der Waals surface area contributed by atoms with Crippen LogP contribution in [0.4, 0.5) is 0 Å². The monoisotopic (exact) mass is 266 g/mol. The van der Waals surface area contributed by atoms with E-state index in [-0.39, 0.29) is 5.78 Å². The maximum absolute atomic E-state index is 11.2. The van der Waals surface area contributed by atoms with Gasteiger partial charge in [0.1, 0.15) is 0 Å². The first-order valence-electron chi connectivity index (χ1n) is 5.03. The highest BCUT2D eigenvalue weighted by atomic mass is 35.5. The van der Waals surface area contributed by atoms with E-state index in [2.05, 4.69) is 5.10 Å². The number of hydrogen-bond donors (Lipinski definition) is 0. The fourth-order valence-corrected chi connectivity index (χ4v) is 2.53. The fourth-order valence-electron chi connectivity index (χ4n) is 1.38. The summed E-state index contributed by atoms with van der Waals surface area (Å²) in [5, 5.41) is 4.68. The van der Waals surface area contributed by atoms with Crippen LogP contribution in [0.5, 0.6) is 0 Å². The second-order valence-electron chi connectivity index (χ2n) is 3.65. The van der Waals surface area contributed by atoms with E-state index in [1.165, 1.54) is 18.7 Å². The lowest BCUT2D eigenvalue weighted by Gasteiger charge is -2.03. The topological polar surface area (TPSA) is 34.9 Å². The first-order valence-corrected chi connectivity index (χ1v) is 6.22. The third kappa shape index (κ3) is 2.90. The molecule has 1 aromatic carbocycles. The van der Waals surface area contributed by atoms with Gasteiger partial charge in [-0.15, -0.1) is 0 Å². The van der Waals surface area contributed by atoms with Crippen molar-refractivity contribution in [3.05, 3.63) is 41.2 Å². The summed E-state index contributed by atoms with van der Waals surface area (Å²) in [6.07, 6.45) is 3.69. The molecule has 0 saturated carbocycles. The second kappa shape index (κ2) is 4.94. The lowest BCUT2D eigenvalue weighted by Crippen LogP contribution is -1.91. The quantitative estimate of drug-likeness (QED) is 0.799. The van der Waals surface area contributed by atoms with Crippen LogP contribution in [0.1, 0.15) is 17.3 Å². The van der Waals surface area contributed by atoms with Gasteiger partial charge in [-0.3, -0.25) is 9.48 Å². The summed E-state index contributed by atoms with van der Waals surface area (Å²) in [4.78, 5) is 13.1. The smallest absolute Gasteiger partial charge is 0.159 e. The van der Waals surface area contributed by atoms with Gasteiger partial charge in [-0.25, -0.2) is 0 Å². The van der Waals surface area contributed by atoms with E-state index in [0.29, 0.717) is 10.6 Å². The van der Waals surface area contributed by atoms with Crippen LogP contribution in [-0.4, -0.2) is 15.6 Å². The molecule has 2 aromatic rings. The van der Waals surface area contributed by atoms with Crippen LogP contribution in [-0.2, 0) is 7.05 Å². The molecule has 0 atom stereocenters. The predicted molar refractivity (Wildman–Crippen MR) is 68.8 cm³/mol. The van der Waals surface area contributed by atoms with Crippen LogP contribution < -0.4 is 0 Å². The van der Waals surface area contributed by atoms with Crippen LogP contribution in [0.15, 0.2) is 40.4 Å². The van der Waals surface area contributed by atoms with E-state index in [0.717, 1.165) is 9.79 Å². The number of aromatic nitrogens is 2. The molecule has 17 heavy (non-hydrogen) atoms. The summed E-state index contributed by atoms with van der Waals surface area (Å²) in [7, 11) is 1.87. The Morgan fingerprint density at radius 3 is 2.76 bits per heavy atom. The van der Waals surface area contributed by atoms with Gasteiger partial charge in [0.05, 0.1) is 16.1 Å². The van der Waals surface area contributed by atoms with Crippen molar-refractivity contribution < 1.29 is 4.79 Å². The van der Waals surface area contributed by atoms with E-state index in [4.69, 9.17) is 11.6 Å². The zero-order valence-corrected chi connectivity index (χ0v) is 11.0. The molecule has 2 rings (SSSR count). The van der Waals surface area contributed by atoms with Crippen molar-refractivity contribution in [2.24, 2.45) is 7.05 Å². The van der Waals surface area contributed by atoms with Gasteiger partial charge in [-0.1, -0.05) is 29.4 Å². The van der Waals surface area contributed by atoms with Gasteiger partial charge in [0.15, 0.2) is 5.78 Å². The van der Waals surface area contributed by atoms with Crippen LogP contribution >= 0.6 is 23.4 Å². The average Bonchev–Trinajstić information content (AvgIpc) is 2.67. The summed E-state index contributed by atoms with van der Waals surface area (Å²) in [6.45, 7) is 1.53. The van der Waals surface area contributed by atoms with Crippen LogP contribution in [0.2, 0.25) is 5.02 Å². The third-order valence-electron chi connectivity index (χ3n) is 2.25. The van der Waals surface area contributed by atoms with Crippen LogP contribution in [0, 0.1) is 0 Å². The number of carbonyl (C=O) groups is 1. The van der Waals surface area contributed by atoms with Crippen LogP contribution in [0.25, 0.3) is 0 Å². The first kappa shape index (κ1) is 12.2. The summed E-state index contributed by atoms with van der Waals surface area (Å²) in [6, 6.07) is 5.34. The minimum absolute atomic E-state index is 0.0184. The number of carbonyl (C=O) groups excluding carboxylic acids is 1. The molecule has 88 valence electrons. The molecular weight excluding hydrogens is 256 g/mol. The Morgan fingerprint density at radius 1 is 1.47 bits per heavy atom. The number of hydrogen-bond acceptors (Lipinski definition) is 3. The van der Waals surface area contributed by atoms with Crippen molar-refractivity contribution in [3.8, 4) is 0 Å². The van der Waals surface area contributed by atoms with Gasteiger partial charge >= 0.3 is 0 Å². The Hall–Kier alpha value is -1.26. The van der Waals surface area contributed by atoms with Gasteiger partial charge in [-0.2, -0.15) is 5.10 Å². The number of halogens is 1. The van der Waals surface area contributed by atoms with Crippen molar-refractivity contribution in [3.63, 3.8) is 0 Å². The number of ketones is 1. The molecule has 0 saturated heterocycles. The fraction of sp³-hybridized carbons (Fsp3) is 0.167. The van der Waals surface area contributed by atoms with E-state index >= 15 is 0 Å². The lowest BCUT2D eigenvalue weighted by atomic mass is 10.1. The molecule has 0 amide bonds. The van der Waals surface area contributed by atoms with Crippen molar-refractivity contribution in [1.29, 1.82) is 0 Å². The molecule has 3 nitrogen and oxygen atoms in total. The predicted octanol–water partition coefficient (Wildman–Crippen LogP) is 3.43. The zero-order valence-electron chi connectivity index (χ0n) is 9.48. The van der Waals surface area contributed by atoms with Gasteiger partial charge in [0.25, 0.3) is 0 Å². The van der Waals surface area contributed by atoms with Gasteiger partial charge < -0.3 is 0 Å². The highest BCUT2D eigenvalue weighted by Crippen LogP contribution is 2.33. The maximum Gasteiger partial charge on any atom is 0.159 e. The standard InChI is InChI=1S/C12H11ClN2OS/c1-8(16)9-3-4-12(11(13)5-9)17-10-6-14-15(2)7-10/h3-7H,1-2H3. The average molecular weight is 267 g/mol. The molecule has 0 aliphatic rings. The van der Waals surface area contributed by atoms with Gasteiger partial charge in [0.2, 0.25) is 0 Å². The van der Waals surface area contributed by atoms with E-state index in [1.54, 1.807) is 23.0 Å². The van der Waals surface area contributed by atoms with Gasteiger partial charge in [-0.05, 0) is 19.1 Å². The first-order chi connectivity index (χ1) is 8.06. The van der Waals surface area contributed by atoms with E-state index < -0.39 is 0 Å². The van der Waals surface area contributed by atoms with Crippen molar-refractivity contribution in [2.75, 3.05) is 0 Å². The summed E-state index contributed by atoms with van der Waals surface area (Å²) in [5.41, 5.74) is 0.630. The van der Waals surface area contributed by atoms with Crippen molar-refractivity contribution in [2.45, 2.75) is 16.7 Å². The zero-order chi connectivity index (χ0) is 12.4. The summed E-state index contributed by atoms with van der Waals surface area (Å²) < 4.78 is 1.74. The number of Topliss-reactive ketones (excluding diaryl/α,β-unsaturated/α-hetero) is 1. The number of rotatable bonds is 3. The summed E-state index contributed by atoms with van der Waals surface area (Å²) >= 11 is 7.66. The Morgan fingerprint density at radius 2 is 2.24 bits per heavy atom. The van der Waals surface area contributed by atoms with E-state index in [1.807, 2.05) is 19.3 Å². The SMILES string of the molecule is CC(=O)c1ccc(Sc2cnn(C)c2)c(Cl)c1.